The molecule has 12 nitrogen and oxygen atoms in total. The van der Waals surface area contributed by atoms with Crippen molar-refractivity contribution >= 4 is 39.8 Å². The molecule has 1 spiro atoms. The van der Waals surface area contributed by atoms with Crippen molar-refractivity contribution in [2.24, 2.45) is 0 Å². The summed E-state index contributed by atoms with van der Waals surface area (Å²) in [6, 6.07) is 5.14. The zero-order valence-electron chi connectivity index (χ0n) is 22.0. The van der Waals surface area contributed by atoms with Crippen LogP contribution < -0.4 is 20.1 Å². The van der Waals surface area contributed by atoms with Gasteiger partial charge >= 0.3 is 28.5 Å². The zero-order chi connectivity index (χ0) is 31.0. The Labute approximate surface area is 236 Å². The minimum Gasteiger partial charge on any atom is -0.427 e. The second-order valence-corrected chi connectivity index (χ2v) is 11.3. The van der Waals surface area contributed by atoms with Crippen LogP contribution in [0.2, 0.25) is 0 Å². The summed E-state index contributed by atoms with van der Waals surface area (Å²) >= 11 is 0. The standard InChI is InChI=1S/C25H25F4N5O7S/c1-13(25(27,28)29)34(12-14-3-5-16(26)6-4-14)20(35)9-15-11-24(21(36)32-23(38)41-24)19-8-7-17(10-18(15)19)31-22(37)33-42(39,40)30-2/h3-8,10,13,15,30H,9,11-12H2,1-2H3,(H2,31,33,37)(H,32,36,38)/t13-,15?,24+/m0/s1. The molecular weight excluding hydrogens is 590 g/mol. The van der Waals surface area contributed by atoms with Crippen LogP contribution in [-0.2, 0) is 36.7 Å². The van der Waals surface area contributed by atoms with Crippen LogP contribution in [0.1, 0.15) is 42.4 Å². The number of fused-ring (bicyclic) bond motifs is 2. The number of hydrogen-bond acceptors (Lipinski definition) is 7. The Kier molecular flexibility index (Phi) is 8.19. The molecular formula is C25H25F4N5O7S. The molecule has 5 amide bonds. The number of amides is 5. The number of imide groups is 1. The van der Waals surface area contributed by atoms with E-state index in [1.165, 1.54) is 30.3 Å². The maximum atomic E-state index is 13.8. The van der Waals surface area contributed by atoms with Gasteiger partial charge in [0.15, 0.2) is 0 Å². The smallest absolute Gasteiger partial charge is 0.415 e. The molecule has 4 rings (SSSR count). The molecule has 1 saturated heterocycles. The summed E-state index contributed by atoms with van der Waals surface area (Å²) in [5.74, 6) is -3.38. The van der Waals surface area contributed by atoms with Crippen LogP contribution in [-0.4, -0.2) is 56.5 Å². The van der Waals surface area contributed by atoms with Crippen LogP contribution in [0.15, 0.2) is 42.5 Å². The SMILES string of the molecule is CNS(=O)(=O)NC(=O)Nc1ccc2c(c1)C(CC(=O)N(Cc1ccc(F)cc1)[C@@H](C)C(F)(F)F)C[C@@]21OC(=O)NC1=O. The third-order valence-corrected chi connectivity index (χ3v) is 8.00. The number of rotatable bonds is 8. The van der Waals surface area contributed by atoms with E-state index >= 15 is 0 Å². The Hall–Kier alpha value is -4.25. The van der Waals surface area contributed by atoms with Crippen molar-refractivity contribution < 1.29 is 49.9 Å². The van der Waals surface area contributed by atoms with Crippen LogP contribution in [0.25, 0.3) is 0 Å². The summed E-state index contributed by atoms with van der Waals surface area (Å²) in [7, 11) is -3.08. The lowest BCUT2D eigenvalue weighted by atomic mass is 9.94. The van der Waals surface area contributed by atoms with Gasteiger partial charge in [-0.2, -0.15) is 21.6 Å². The number of anilines is 1. The number of halogens is 4. The maximum Gasteiger partial charge on any atom is 0.415 e. The molecule has 1 aliphatic heterocycles. The fourth-order valence-corrected chi connectivity index (χ4v) is 5.29. The van der Waals surface area contributed by atoms with Gasteiger partial charge in [-0.25, -0.2) is 23.4 Å². The number of carbonyl (C=O) groups is 4. The van der Waals surface area contributed by atoms with E-state index in [1.807, 2.05) is 10.0 Å². The molecule has 0 radical (unpaired) electrons. The van der Waals surface area contributed by atoms with Crippen molar-refractivity contribution in [3.05, 3.63) is 65.0 Å². The Morgan fingerprint density at radius 1 is 1.17 bits per heavy atom. The summed E-state index contributed by atoms with van der Waals surface area (Å²) in [5.41, 5.74) is -1.26. The van der Waals surface area contributed by atoms with Crippen molar-refractivity contribution in [3.63, 3.8) is 0 Å². The lowest BCUT2D eigenvalue weighted by molar-refractivity contribution is -0.187. The molecule has 1 fully saturated rings. The van der Waals surface area contributed by atoms with E-state index in [0.29, 0.717) is 4.90 Å². The van der Waals surface area contributed by atoms with E-state index in [4.69, 9.17) is 4.74 Å². The van der Waals surface area contributed by atoms with Crippen molar-refractivity contribution in [1.29, 1.82) is 0 Å². The molecule has 0 bridgehead atoms. The highest BCUT2D eigenvalue weighted by Gasteiger charge is 2.57. The Morgan fingerprint density at radius 2 is 1.83 bits per heavy atom. The Morgan fingerprint density at radius 3 is 2.40 bits per heavy atom. The van der Waals surface area contributed by atoms with Crippen LogP contribution in [0.5, 0.6) is 0 Å². The van der Waals surface area contributed by atoms with Gasteiger partial charge in [0.2, 0.25) is 11.5 Å². The number of urea groups is 1. The van der Waals surface area contributed by atoms with Crippen molar-refractivity contribution in [2.45, 2.75) is 50.0 Å². The fraction of sp³-hybridized carbons (Fsp3) is 0.360. The molecule has 2 aromatic rings. The van der Waals surface area contributed by atoms with Gasteiger partial charge in [-0.05, 0) is 48.2 Å². The average Bonchev–Trinajstić information content (AvgIpc) is 3.36. The van der Waals surface area contributed by atoms with Crippen molar-refractivity contribution in [3.8, 4) is 0 Å². The number of nitrogens with one attached hydrogen (secondary N) is 4. The highest BCUT2D eigenvalue weighted by Crippen LogP contribution is 2.51. The first kappa shape index (κ1) is 30.7. The molecule has 17 heteroatoms. The van der Waals surface area contributed by atoms with Gasteiger partial charge in [0.1, 0.15) is 11.9 Å². The summed E-state index contributed by atoms with van der Waals surface area (Å²) < 4.78 is 86.8. The minimum atomic E-state index is -4.80. The molecule has 226 valence electrons. The lowest BCUT2D eigenvalue weighted by Gasteiger charge is -2.32. The summed E-state index contributed by atoms with van der Waals surface area (Å²) in [6.07, 6.45) is -6.71. The molecule has 42 heavy (non-hydrogen) atoms. The summed E-state index contributed by atoms with van der Waals surface area (Å²) in [6.45, 7) is 0.305. The van der Waals surface area contributed by atoms with Gasteiger partial charge < -0.3 is 15.0 Å². The molecule has 0 aromatic heterocycles. The topological polar surface area (TPSA) is 163 Å². The highest BCUT2D eigenvalue weighted by molar-refractivity contribution is 7.88. The van der Waals surface area contributed by atoms with Crippen LogP contribution in [0, 0.1) is 5.82 Å². The quantitative estimate of drug-likeness (QED) is 0.332. The molecule has 4 N–H and O–H groups in total. The second-order valence-electron chi connectivity index (χ2n) is 9.71. The predicted octanol–water partition coefficient (Wildman–Crippen LogP) is 2.73. The first-order chi connectivity index (χ1) is 19.5. The number of nitrogens with zero attached hydrogens (tertiary/aromatic N) is 1. The van der Waals surface area contributed by atoms with Gasteiger partial charge in [-0.1, -0.05) is 18.2 Å². The van der Waals surface area contributed by atoms with Crippen LogP contribution >= 0.6 is 0 Å². The molecule has 1 heterocycles. The largest absolute Gasteiger partial charge is 0.427 e. The highest BCUT2D eigenvalue weighted by atomic mass is 32.2. The third kappa shape index (κ3) is 6.30. The first-order valence-corrected chi connectivity index (χ1v) is 13.8. The molecule has 3 atom stereocenters. The van der Waals surface area contributed by atoms with E-state index in [1.54, 1.807) is 4.72 Å². The maximum absolute atomic E-state index is 13.8. The van der Waals surface area contributed by atoms with Gasteiger partial charge in [0, 0.05) is 37.7 Å². The van der Waals surface area contributed by atoms with Gasteiger partial charge in [-0.3, -0.25) is 14.9 Å². The zero-order valence-corrected chi connectivity index (χ0v) is 22.9. The Balaban J connectivity index is 1.67. The molecule has 2 aliphatic rings. The fourth-order valence-electron chi connectivity index (χ4n) is 4.89. The van der Waals surface area contributed by atoms with E-state index in [0.717, 1.165) is 26.1 Å². The summed E-state index contributed by atoms with van der Waals surface area (Å²) in [4.78, 5) is 51.0. The number of alkyl carbamates (subject to hydrolysis) is 1. The normalized spacial score (nSPS) is 20.5. The number of benzene rings is 2. The van der Waals surface area contributed by atoms with E-state index in [-0.39, 0.29) is 28.8 Å². The monoisotopic (exact) mass is 615 g/mol. The second kappa shape index (κ2) is 11.2. The number of hydrogen-bond donors (Lipinski definition) is 4. The molecule has 0 saturated carbocycles. The van der Waals surface area contributed by atoms with Crippen molar-refractivity contribution in [1.82, 2.24) is 19.7 Å². The predicted molar refractivity (Wildman–Crippen MR) is 137 cm³/mol. The summed E-state index contributed by atoms with van der Waals surface area (Å²) in [5, 5.41) is 4.29. The van der Waals surface area contributed by atoms with Crippen LogP contribution in [0.3, 0.4) is 0 Å². The average molecular weight is 616 g/mol. The lowest BCUT2D eigenvalue weighted by Crippen LogP contribution is -2.46. The number of carbonyl (C=O) groups excluding carboxylic acids is 4. The number of ether oxygens (including phenoxy) is 1. The molecule has 2 aromatic carbocycles. The van der Waals surface area contributed by atoms with E-state index in [2.05, 4.69) is 5.32 Å². The van der Waals surface area contributed by atoms with Gasteiger partial charge in [0.05, 0.1) is 0 Å². The van der Waals surface area contributed by atoms with E-state index in [9.17, 15) is 45.2 Å². The molecule has 1 aliphatic carbocycles. The van der Waals surface area contributed by atoms with Gasteiger partial charge in [-0.15, -0.1) is 0 Å². The van der Waals surface area contributed by atoms with Crippen LogP contribution in [0.4, 0.5) is 32.8 Å². The van der Waals surface area contributed by atoms with E-state index < -0.39 is 76.7 Å². The minimum absolute atomic E-state index is 0.0172. The Bertz CT molecular complexity index is 1530. The van der Waals surface area contributed by atoms with Crippen molar-refractivity contribution in [2.75, 3.05) is 12.4 Å². The van der Waals surface area contributed by atoms with Gasteiger partial charge in [0.25, 0.3) is 5.91 Å². The first-order valence-electron chi connectivity index (χ1n) is 12.4. The number of alkyl halides is 3. The molecule has 1 unspecified atom stereocenters. The third-order valence-electron chi connectivity index (χ3n) is 7.01.